The molecule has 3 heteroatoms. The third kappa shape index (κ3) is 2.11. The van der Waals surface area contributed by atoms with Crippen molar-refractivity contribution in [3.05, 3.63) is 64.9 Å². The van der Waals surface area contributed by atoms with Gasteiger partial charge in [-0.2, -0.15) is 5.10 Å². The average molecular weight is 287 g/mol. The van der Waals surface area contributed by atoms with Crippen LogP contribution in [0.5, 0.6) is 0 Å². The summed E-state index contributed by atoms with van der Waals surface area (Å²) < 4.78 is 2.95. The highest BCUT2D eigenvalue weighted by molar-refractivity contribution is 9.10. The number of benzene rings is 2. The molecule has 0 unspecified atom stereocenters. The molecule has 0 aliphatic carbocycles. The minimum Gasteiger partial charge on any atom is -0.267 e. The average Bonchev–Trinajstić information content (AvgIpc) is 2.75. The summed E-state index contributed by atoms with van der Waals surface area (Å²) in [5.74, 6) is 0. The second-order valence-corrected chi connectivity index (χ2v) is 4.91. The van der Waals surface area contributed by atoms with E-state index in [1.807, 2.05) is 17.1 Å². The van der Waals surface area contributed by atoms with Crippen LogP contribution in [-0.4, -0.2) is 9.78 Å². The molecule has 0 saturated heterocycles. The Morgan fingerprint density at radius 3 is 2.71 bits per heavy atom. The number of halogens is 1. The molecule has 0 saturated carbocycles. The summed E-state index contributed by atoms with van der Waals surface area (Å²) in [7, 11) is 0. The molecule has 3 rings (SSSR count). The molecule has 0 amide bonds. The standard InChI is InChI=1S/C14H11BrN2/c15-13-8-16-17(10-13)9-12-6-3-5-11-4-1-2-7-14(11)12/h1-8,10H,9H2. The third-order valence-electron chi connectivity index (χ3n) is 2.81. The minimum absolute atomic E-state index is 0.799. The maximum absolute atomic E-state index is 4.29. The molecule has 3 aromatic rings. The van der Waals surface area contributed by atoms with Gasteiger partial charge in [-0.25, -0.2) is 0 Å². The summed E-state index contributed by atoms with van der Waals surface area (Å²) in [6.07, 6.45) is 3.80. The minimum atomic E-state index is 0.799. The van der Waals surface area contributed by atoms with Gasteiger partial charge in [0.05, 0.1) is 17.2 Å². The van der Waals surface area contributed by atoms with Gasteiger partial charge in [0.15, 0.2) is 0 Å². The first-order valence-electron chi connectivity index (χ1n) is 5.47. The number of hydrogen-bond donors (Lipinski definition) is 0. The van der Waals surface area contributed by atoms with Gasteiger partial charge in [-0.1, -0.05) is 42.5 Å². The summed E-state index contributed by atoms with van der Waals surface area (Å²) >= 11 is 3.41. The van der Waals surface area contributed by atoms with Crippen LogP contribution < -0.4 is 0 Å². The summed E-state index contributed by atoms with van der Waals surface area (Å²) in [6, 6.07) is 14.8. The smallest absolute Gasteiger partial charge is 0.0665 e. The van der Waals surface area contributed by atoms with E-state index in [4.69, 9.17) is 0 Å². The van der Waals surface area contributed by atoms with Gasteiger partial charge in [-0.05, 0) is 32.3 Å². The Bertz CT molecular complexity index is 653. The van der Waals surface area contributed by atoms with E-state index in [9.17, 15) is 0 Å². The number of nitrogens with zero attached hydrogens (tertiary/aromatic N) is 2. The zero-order valence-corrected chi connectivity index (χ0v) is 10.8. The summed E-state index contributed by atoms with van der Waals surface area (Å²) in [5.41, 5.74) is 1.29. The SMILES string of the molecule is Brc1cnn(Cc2cccc3ccccc23)c1. The van der Waals surface area contributed by atoms with E-state index in [2.05, 4.69) is 63.5 Å². The largest absolute Gasteiger partial charge is 0.267 e. The molecule has 84 valence electrons. The number of aromatic nitrogens is 2. The quantitative estimate of drug-likeness (QED) is 0.700. The highest BCUT2D eigenvalue weighted by Gasteiger charge is 2.02. The molecule has 2 nitrogen and oxygen atoms in total. The normalized spacial score (nSPS) is 10.9. The lowest BCUT2D eigenvalue weighted by Crippen LogP contribution is -2.00. The first-order valence-corrected chi connectivity index (χ1v) is 6.27. The number of fused-ring (bicyclic) bond motifs is 1. The second-order valence-electron chi connectivity index (χ2n) is 3.99. The molecule has 0 radical (unpaired) electrons. The van der Waals surface area contributed by atoms with Crippen LogP contribution in [0.1, 0.15) is 5.56 Å². The fourth-order valence-electron chi connectivity index (χ4n) is 2.03. The van der Waals surface area contributed by atoms with Crippen LogP contribution in [0.2, 0.25) is 0 Å². The van der Waals surface area contributed by atoms with Gasteiger partial charge in [-0.15, -0.1) is 0 Å². The predicted molar refractivity (Wildman–Crippen MR) is 73.0 cm³/mol. The van der Waals surface area contributed by atoms with Gasteiger partial charge >= 0.3 is 0 Å². The molecule has 0 bridgehead atoms. The Labute approximate surface area is 108 Å². The van der Waals surface area contributed by atoms with Crippen LogP contribution in [0.25, 0.3) is 10.8 Å². The van der Waals surface area contributed by atoms with E-state index in [0.717, 1.165) is 11.0 Å². The van der Waals surface area contributed by atoms with Crippen molar-refractivity contribution >= 4 is 26.7 Å². The van der Waals surface area contributed by atoms with Gasteiger partial charge in [0.25, 0.3) is 0 Å². The van der Waals surface area contributed by atoms with Crippen molar-refractivity contribution in [1.29, 1.82) is 0 Å². The molecular weight excluding hydrogens is 276 g/mol. The Hall–Kier alpha value is -1.61. The maximum atomic E-state index is 4.29. The highest BCUT2D eigenvalue weighted by Crippen LogP contribution is 2.19. The summed E-state index contributed by atoms with van der Waals surface area (Å²) in [5, 5.41) is 6.86. The van der Waals surface area contributed by atoms with E-state index in [1.165, 1.54) is 16.3 Å². The fourth-order valence-corrected chi connectivity index (χ4v) is 2.36. The summed E-state index contributed by atoms with van der Waals surface area (Å²) in [6.45, 7) is 0.799. The van der Waals surface area contributed by atoms with Gasteiger partial charge in [0.1, 0.15) is 0 Å². The molecule has 0 aliphatic rings. The van der Waals surface area contributed by atoms with Crippen LogP contribution in [0.3, 0.4) is 0 Å². The predicted octanol–water partition coefficient (Wildman–Crippen LogP) is 3.85. The molecule has 0 N–H and O–H groups in total. The lowest BCUT2D eigenvalue weighted by molar-refractivity contribution is 0.690. The van der Waals surface area contributed by atoms with Crippen LogP contribution >= 0.6 is 15.9 Å². The first kappa shape index (κ1) is 10.5. The van der Waals surface area contributed by atoms with Crippen molar-refractivity contribution in [3.8, 4) is 0 Å². The molecule has 1 heterocycles. The first-order chi connectivity index (χ1) is 8.33. The Balaban J connectivity index is 2.05. The molecular formula is C14H11BrN2. The van der Waals surface area contributed by atoms with Gasteiger partial charge in [0, 0.05) is 6.20 Å². The van der Waals surface area contributed by atoms with Crippen LogP contribution in [0.4, 0.5) is 0 Å². The fraction of sp³-hybridized carbons (Fsp3) is 0.0714. The molecule has 0 spiro atoms. The van der Waals surface area contributed by atoms with Gasteiger partial charge in [0.2, 0.25) is 0 Å². The molecule has 0 aliphatic heterocycles. The van der Waals surface area contributed by atoms with Crippen molar-refractivity contribution in [2.75, 3.05) is 0 Å². The zero-order valence-electron chi connectivity index (χ0n) is 9.18. The lowest BCUT2D eigenvalue weighted by Gasteiger charge is -2.06. The topological polar surface area (TPSA) is 17.8 Å². The molecule has 0 atom stereocenters. The van der Waals surface area contributed by atoms with Crippen LogP contribution in [-0.2, 0) is 6.54 Å². The Kier molecular flexibility index (Phi) is 2.69. The molecule has 0 fully saturated rings. The van der Waals surface area contributed by atoms with Crippen molar-refractivity contribution in [3.63, 3.8) is 0 Å². The van der Waals surface area contributed by atoms with Crippen molar-refractivity contribution in [2.24, 2.45) is 0 Å². The van der Waals surface area contributed by atoms with E-state index in [0.29, 0.717) is 0 Å². The molecule has 17 heavy (non-hydrogen) atoms. The highest BCUT2D eigenvalue weighted by atomic mass is 79.9. The Morgan fingerprint density at radius 2 is 1.88 bits per heavy atom. The van der Waals surface area contributed by atoms with Crippen molar-refractivity contribution in [1.82, 2.24) is 9.78 Å². The van der Waals surface area contributed by atoms with Crippen LogP contribution in [0, 0.1) is 0 Å². The Morgan fingerprint density at radius 1 is 1.06 bits per heavy atom. The van der Waals surface area contributed by atoms with Crippen molar-refractivity contribution in [2.45, 2.75) is 6.54 Å². The number of rotatable bonds is 2. The summed E-state index contributed by atoms with van der Waals surface area (Å²) in [4.78, 5) is 0. The number of hydrogen-bond acceptors (Lipinski definition) is 1. The second kappa shape index (κ2) is 4.34. The maximum Gasteiger partial charge on any atom is 0.0665 e. The monoisotopic (exact) mass is 286 g/mol. The van der Waals surface area contributed by atoms with E-state index < -0.39 is 0 Å². The van der Waals surface area contributed by atoms with Crippen molar-refractivity contribution < 1.29 is 0 Å². The van der Waals surface area contributed by atoms with E-state index in [-0.39, 0.29) is 0 Å². The van der Waals surface area contributed by atoms with Crippen LogP contribution in [0.15, 0.2) is 59.3 Å². The third-order valence-corrected chi connectivity index (χ3v) is 3.22. The van der Waals surface area contributed by atoms with E-state index >= 15 is 0 Å². The van der Waals surface area contributed by atoms with Gasteiger partial charge in [-0.3, -0.25) is 4.68 Å². The van der Waals surface area contributed by atoms with Gasteiger partial charge < -0.3 is 0 Å². The van der Waals surface area contributed by atoms with E-state index in [1.54, 1.807) is 0 Å². The zero-order chi connectivity index (χ0) is 11.7. The molecule has 2 aromatic carbocycles. The molecule has 1 aromatic heterocycles. The lowest BCUT2D eigenvalue weighted by atomic mass is 10.0.